The molecular formula is C37H36Br4Cl4N2O6. The number of anilines is 2. The zero-order valence-corrected chi connectivity index (χ0v) is 38.1. The molecule has 0 unspecified atom stereocenters. The summed E-state index contributed by atoms with van der Waals surface area (Å²) in [7, 11) is 0. The van der Waals surface area contributed by atoms with Crippen molar-refractivity contribution in [2.45, 2.75) is 65.7 Å². The predicted octanol–water partition coefficient (Wildman–Crippen LogP) is 13.5. The highest BCUT2D eigenvalue weighted by Gasteiger charge is 2.16. The van der Waals surface area contributed by atoms with E-state index in [0.29, 0.717) is 44.4 Å². The molecule has 0 atom stereocenters. The zero-order valence-electron chi connectivity index (χ0n) is 28.7. The van der Waals surface area contributed by atoms with Crippen molar-refractivity contribution in [3.8, 4) is 11.5 Å². The number of benzene rings is 4. The summed E-state index contributed by atoms with van der Waals surface area (Å²) in [6.45, 7) is 7.23. The third kappa shape index (κ3) is 14.6. The van der Waals surface area contributed by atoms with Crippen LogP contribution in [0.5, 0.6) is 11.5 Å². The fraction of sp³-hybridized carbons (Fsp3) is 0.297. The van der Waals surface area contributed by atoms with Crippen LogP contribution >= 0.6 is 110 Å². The molecule has 0 spiro atoms. The highest BCUT2D eigenvalue weighted by atomic mass is 79.9. The quantitative estimate of drug-likeness (QED) is 0.0877. The summed E-state index contributed by atoms with van der Waals surface area (Å²) in [5, 5.41) is 26.4. The van der Waals surface area contributed by atoms with Crippen molar-refractivity contribution in [2.75, 3.05) is 17.2 Å². The van der Waals surface area contributed by atoms with Gasteiger partial charge in [-0.05, 0) is 157 Å². The van der Waals surface area contributed by atoms with E-state index in [1.807, 2.05) is 45.0 Å². The summed E-state index contributed by atoms with van der Waals surface area (Å²) < 4.78 is 14.8. The maximum atomic E-state index is 10.7. The Bertz CT molecular complexity index is 1890. The molecule has 0 heterocycles. The van der Waals surface area contributed by atoms with Crippen LogP contribution in [0, 0.1) is 0 Å². The summed E-state index contributed by atoms with van der Waals surface area (Å²) in [5.41, 5.74) is 4.86. The van der Waals surface area contributed by atoms with E-state index in [2.05, 4.69) is 74.4 Å². The Morgan fingerprint density at radius 2 is 1.04 bits per heavy atom. The fourth-order valence-electron chi connectivity index (χ4n) is 4.83. The first kappa shape index (κ1) is 45.5. The van der Waals surface area contributed by atoms with Crippen LogP contribution in [0.3, 0.4) is 0 Å². The molecular weight excluding hydrogens is 1030 g/mol. The molecule has 0 amide bonds. The highest BCUT2D eigenvalue weighted by Crippen LogP contribution is 2.39. The molecule has 4 aromatic carbocycles. The Morgan fingerprint density at radius 1 is 0.660 bits per heavy atom. The standard InChI is InChI=1S/C19H19Br2Cl2NO3.C18H17Br2Cl2NO3/c1-10(2)24-16-8-13(22)7-12(18(16)23)9-27-19-14(20)5-11(6-15(19)21)3-4-17(25)26;1-2-23-15-8-12(21)7-11(17(15)22)9-26-18-13(19)5-10(6-14(18)20)3-4-16(24)25/h5-8,10,24H,3-4,9H2,1-2H3,(H,25,26);5-8,23H,2-4,9H2,1H3,(H,24,25). The molecule has 0 aromatic heterocycles. The number of ether oxygens (including phenoxy) is 2. The maximum absolute atomic E-state index is 10.7. The molecule has 8 nitrogen and oxygen atoms in total. The number of carboxylic acids is 2. The van der Waals surface area contributed by atoms with Gasteiger partial charge in [0.25, 0.3) is 0 Å². The van der Waals surface area contributed by atoms with Crippen molar-refractivity contribution in [1.29, 1.82) is 0 Å². The molecule has 16 heteroatoms. The van der Waals surface area contributed by atoms with Crippen LogP contribution in [0.2, 0.25) is 20.1 Å². The third-order valence-corrected chi connectivity index (χ3v) is 10.8. The minimum Gasteiger partial charge on any atom is -0.486 e. The van der Waals surface area contributed by atoms with Crippen molar-refractivity contribution in [3.05, 3.63) is 109 Å². The Morgan fingerprint density at radius 3 is 1.40 bits per heavy atom. The molecule has 4 rings (SSSR count). The van der Waals surface area contributed by atoms with Gasteiger partial charge in [-0.2, -0.15) is 0 Å². The van der Waals surface area contributed by atoms with Crippen molar-refractivity contribution >= 4 is 133 Å². The lowest BCUT2D eigenvalue weighted by atomic mass is 10.1. The molecule has 0 radical (unpaired) electrons. The fourth-order valence-corrected chi connectivity index (χ4v) is 8.78. The Kier molecular flexibility index (Phi) is 18.9. The number of rotatable bonds is 16. The van der Waals surface area contributed by atoms with Crippen LogP contribution < -0.4 is 20.1 Å². The molecule has 0 saturated carbocycles. The topological polar surface area (TPSA) is 117 Å². The van der Waals surface area contributed by atoms with Crippen LogP contribution in [0.15, 0.2) is 66.4 Å². The second-order valence-corrected chi connectivity index (χ2v) is 16.9. The highest BCUT2D eigenvalue weighted by molar-refractivity contribution is 9.11. The molecule has 0 aliphatic rings. The van der Waals surface area contributed by atoms with E-state index in [4.69, 9.17) is 66.1 Å². The first-order chi connectivity index (χ1) is 25.0. The number of halogens is 8. The Labute approximate surface area is 362 Å². The van der Waals surface area contributed by atoms with E-state index in [1.165, 1.54) is 0 Å². The third-order valence-electron chi connectivity index (χ3n) is 7.15. The van der Waals surface area contributed by atoms with Crippen molar-refractivity contribution in [3.63, 3.8) is 0 Å². The van der Waals surface area contributed by atoms with Crippen LogP contribution in [-0.4, -0.2) is 34.7 Å². The van der Waals surface area contributed by atoms with Gasteiger partial charge in [-0.3, -0.25) is 9.59 Å². The van der Waals surface area contributed by atoms with Gasteiger partial charge in [0.2, 0.25) is 0 Å². The second-order valence-electron chi connectivity index (χ2n) is 11.8. The summed E-state index contributed by atoms with van der Waals surface area (Å²) in [5.74, 6) is -0.428. The van der Waals surface area contributed by atoms with Crippen LogP contribution in [-0.2, 0) is 35.6 Å². The lowest BCUT2D eigenvalue weighted by molar-refractivity contribution is -0.138. The van der Waals surface area contributed by atoms with Crippen LogP contribution in [0.4, 0.5) is 11.4 Å². The monoisotopic (exact) mass is 1060 g/mol. The maximum Gasteiger partial charge on any atom is 0.303 e. The van der Waals surface area contributed by atoms with Crippen LogP contribution in [0.1, 0.15) is 55.9 Å². The SMILES string of the molecule is CC(C)Nc1cc(Cl)cc(COc2c(Br)cc(CCC(=O)O)cc2Br)c1Cl.CCNc1cc(Cl)cc(COc2c(Br)cc(CCC(=O)O)cc2Br)c1Cl. The number of aliphatic carboxylic acids is 2. The van der Waals surface area contributed by atoms with Gasteiger partial charge in [0.05, 0.1) is 39.3 Å². The minimum absolute atomic E-state index is 0.0723. The van der Waals surface area contributed by atoms with Gasteiger partial charge in [0.15, 0.2) is 0 Å². The number of hydrogen-bond acceptors (Lipinski definition) is 6. The zero-order chi connectivity index (χ0) is 39.4. The van der Waals surface area contributed by atoms with Crippen molar-refractivity contribution in [2.24, 2.45) is 0 Å². The lowest BCUT2D eigenvalue weighted by Crippen LogP contribution is -2.11. The summed E-state index contributed by atoms with van der Waals surface area (Å²) in [4.78, 5) is 21.5. The number of carboxylic acid groups (broad SMARTS) is 2. The molecule has 0 aliphatic heterocycles. The van der Waals surface area contributed by atoms with E-state index in [1.54, 1.807) is 24.3 Å². The van der Waals surface area contributed by atoms with Gasteiger partial charge in [-0.15, -0.1) is 0 Å². The first-order valence-electron chi connectivity index (χ1n) is 16.1. The van der Waals surface area contributed by atoms with Crippen LogP contribution in [0.25, 0.3) is 0 Å². The Balaban J connectivity index is 0.000000286. The average molecular weight is 1070 g/mol. The minimum atomic E-state index is -0.830. The molecule has 53 heavy (non-hydrogen) atoms. The van der Waals surface area contributed by atoms with E-state index < -0.39 is 11.9 Å². The van der Waals surface area contributed by atoms with E-state index in [9.17, 15) is 9.59 Å². The molecule has 286 valence electrons. The number of hydrogen-bond donors (Lipinski definition) is 4. The van der Waals surface area contributed by atoms with Crippen molar-refractivity contribution in [1.82, 2.24) is 0 Å². The van der Waals surface area contributed by atoms with Gasteiger partial charge < -0.3 is 30.3 Å². The smallest absolute Gasteiger partial charge is 0.303 e. The summed E-state index contributed by atoms with van der Waals surface area (Å²) in [6.07, 6.45) is 1.03. The molecule has 0 fully saturated rings. The molecule has 0 saturated heterocycles. The van der Waals surface area contributed by atoms with E-state index >= 15 is 0 Å². The van der Waals surface area contributed by atoms with Gasteiger partial charge in [-0.25, -0.2) is 0 Å². The molecule has 4 aromatic rings. The average Bonchev–Trinajstić information content (AvgIpc) is 3.06. The number of aryl methyl sites for hydroxylation is 2. The second kappa shape index (κ2) is 22.0. The molecule has 4 N–H and O–H groups in total. The number of nitrogens with one attached hydrogen (secondary N) is 2. The molecule has 0 aliphatic carbocycles. The lowest BCUT2D eigenvalue weighted by Gasteiger charge is -2.17. The van der Waals surface area contributed by atoms with Gasteiger partial charge in [-0.1, -0.05) is 46.4 Å². The number of carbonyl (C=O) groups is 2. The summed E-state index contributed by atoms with van der Waals surface area (Å²) >= 11 is 39.2. The Hall–Kier alpha value is -1.90. The first-order valence-corrected chi connectivity index (χ1v) is 20.8. The molecule has 0 bridgehead atoms. The largest absolute Gasteiger partial charge is 0.486 e. The van der Waals surface area contributed by atoms with E-state index in [0.717, 1.165) is 58.1 Å². The normalized spacial score (nSPS) is 10.8. The van der Waals surface area contributed by atoms with E-state index in [-0.39, 0.29) is 32.1 Å². The summed E-state index contributed by atoms with van der Waals surface area (Å²) in [6, 6.07) is 14.8. The van der Waals surface area contributed by atoms with Gasteiger partial charge in [0, 0.05) is 46.6 Å². The van der Waals surface area contributed by atoms with Crippen molar-refractivity contribution < 1.29 is 29.3 Å². The predicted molar refractivity (Wildman–Crippen MR) is 230 cm³/mol. The van der Waals surface area contributed by atoms with Gasteiger partial charge in [0.1, 0.15) is 24.7 Å². The van der Waals surface area contributed by atoms with Gasteiger partial charge >= 0.3 is 11.9 Å².